The van der Waals surface area contributed by atoms with Gasteiger partial charge in [-0.3, -0.25) is 4.79 Å². The van der Waals surface area contributed by atoms with Gasteiger partial charge in [-0.05, 0) is 31.7 Å². The Hall–Kier alpha value is -1.93. The van der Waals surface area contributed by atoms with Gasteiger partial charge in [-0.2, -0.15) is 0 Å². The second-order valence-corrected chi connectivity index (χ2v) is 8.22. The van der Waals surface area contributed by atoms with E-state index in [9.17, 15) is 14.4 Å². The predicted octanol–water partition coefficient (Wildman–Crippen LogP) is 4.34. The molecule has 1 heterocycles. The number of nitrogens with one attached hydrogen (secondary N) is 1. The Balaban J connectivity index is 2.10. The average Bonchev–Trinajstić information content (AvgIpc) is 3.03. The van der Waals surface area contributed by atoms with Crippen molar-refractivity contribution in [2.24, 2.45) is 5.92 Å². The van der Waals surface area contributed by atoms with Crippen molar-refractivity contribution in [1.29, 1.82) is 0 Å². The molecule has 1 aliphatic rings. The number of hydrogen-bond donors (Lipinski definition) is 1. The number of rotatable bonds is 10. The third-order valence-electron chi connectivity index (χ3n) is 5.09. The third kappa shape index (κ3) is 6.82. The first kappa shape index (κ1) is 23.3. The summed E-state index contributed by atoms with van der Waals surface area (Å²) in [5.41, 5.74) is 0.681. The van der Waals surface area contributed by atoms with Crippen LogP contribution in [0.15, 0.2) is 0 Å². The highest BCUT2D eigenvalue weighted by molar-refractivity contribution is 7.18. The maximum Gasteiger partial charge on any atom is 0.348 e. The molecule has 1 aromatic rings. The van der Waals surface area contributed by atoms with Crippen molar-refractivity contribution in [1.82, 2.24) is 0 Å². The lowest BCUT2D eigenvalue weighted by Gasteiger charge is -2.20. The first-order chi connectivity index (χ1) is 14.0. The van der Waals surface area contributed by atoms with E-state index in [1.165, 1.54) is 39.2 Å². The second kappa shape index (κ2) is 11.9. The number of thiophene rings is 1. The van der Waals surface area contributed by atoms with Gasteiger partial charge in [-0.15, -0.1) is 11.3 Å². The molecule has 162 valence electrons. The Bertz CT molecular complexity index is 708. The smallest absolute Gasteiger partial charge is 0.348 e. The number of hydrogen-bond acceptors (Lipinski definition) is 7. The Morgan fingerprint density at radius 2 is 1.79 bits per heavy atom. The SMILES string of the molecule is CCOC(=O)c1c(NC(=O)CCC2CCCCC2)sc(C(=O)OCCOC)c1C. The molecule has 0 saturated heterocycles. The first-order valence-electron chi connectivity index (χ1n) is 10.2. The highest BCUT2D eigenvalue weighted by atomic mass is 32.1. The fourth-order valence-corrected chi connectivity index (χ4v) is 4.63. The molecule has 29 heavy (non-hydrogen) atoms. The van der Waals surface area contributed by atoms with Gasteiger partial charge in [-0.25, -0.2) is 9.59 Å². The van der Waals surface area contributed by atoms with Gasteiger partial charge in [0, 0.05) is 13.5 Å². The fourth-order valence-electron chi connectivity index (χ4n) is 3.53. The van der Waals surface area contributed by atoms with E-state index in [-0.39, 0.29) is 36.2 Å². The van der Waals surface area contributed by atoms with Crippen LogP contribution in [0.5, 0.6) is 0 Å². The normalized spacial score (nSPS) is 14.4. The van der Waals surface area contributed by atoms with Gasteiger partial charge in [0.25, 0.3) is 0 Å². The molecule has 0 aliphatic heterocycles. The summed E-state index contributed by atoms with van der Waals surface area (Å²) >= 11 is 1.05. The van der Waals surface area contributed by atoms with Crippen LogP contribution >= 0.6 is 11.3 Å². The van der Waals surface area contributed by atoms with Gasteiger partial charge >= 0.3 is 11.9 Å². The summed E-state index contributed by atoms with van der Waals surface area (Å²) in [7, 11) is 1.52. The molecule has 7 nitrogen and oxygen atoms in total. The molecule has 0 spiro atoms. The molecular formula is C21H31NO6S. The number of carbonyl (C=O) groups excluding carboxylic acids is 3. The van der Waals surface area contributed by atoms with Gasteiger partial charge < -0.3 is 19.5 Å². The lowest BCUT2D eigenvalue weighted by atomic mass is 9.86. The van der Waals surface area contributed by atoms with Gasteiger partial charge in [0.15, 0.2) is 0 Å². The molecule has 1 N–H and O–H groups in total. The Morgan fingerprint density at radius 1 is 1.07 bits per heavy atom. The summed E-state index contributed by atoms with van der Waals surface area (Å²) < 4.78 is 15.2. The lowest BCUT2D eigenvalue weighted by molar-refractivity contribution is -0.116. The Labute approximate surface area is 176 Å². The zero-order valence-corrected chi connectivity index (χ0v) is 18.3. The zero-order chi connectivity index (χ0) is 21.2. The van der Waals surface area contributed by atoms with Crippen molar-refractivity contribution in [3.63, 3.8) is 0 Å². The highest BCUT2D eigenvalue weighted by Crippen LogP contribution is 2.35. The summed E-state index contributed by atoms with van der Waals surface area (Å²) in [4.78, 5) is 37.6. The number of ether oxygens (including phenoxy) is 3. The lowest BCUT2D eigenvalue weighted by Crippen LogP contribution is -2.16. The topological polar surface area (TPSA) is 90.9 Å². The van der Waals surface area contributed by atoms with Gasteiger partial charge in [-0.1, -0.05) is 32.1 Å². The number of anilines is 1. The van der Waals surface area contributed by atoms with Gasteiger partial charge in [0.1, 0.15) is 16.5 Å². The van der Waals surface area contributed by atoms with E-state index < -0.39 is 11.9 Å². The molecule has 1 aliphatic carbocycles. The van der Waals surface area contributed by atoms with Crippen LogP contribution in [0.2, 0.25) is 0 Å². The van der Waals surface area contributed by atoms with Crippen LogP contribution in [0.1, 0.15) is 77.5 Å². The minimum Gasteiger partial charge on any atom is -0.462 e. The summed E-state index contributed by atoms with van der Waals surface area (Å²) in [6.07, 6.45) is 7.35. The summed E-state index contributed by atoms with van der Waals surface area (Å²) in [5, 5.41) is 3.16. The zero-order valence-electron chi connectivity index (χ0n) is 17.5. The second-order valence-electron chi connectivity index (χ2n) is 7.20. The van der Waals surface area contributed by atoms with Gasteiger partial charge in [0.05, 0.1) is 18.8 Å². The summed E-state index contributed by atoms with van der Waals surface area (Å²) in [6.45, 7) is 3.97. The monoisotopic (exact) mass is 425 g/mol. The maximum atomic E-state index is 12.5. The number of esters is 2. The molecule has 0 bridgehead atoms. The molecule has 0 unspecified atom stereocenters. The van der Waals surface area contributed by atoms with Crippen molar-refractivity contribution < 1.29 is 28.6 Å². The summed E-state index contributed by atoms with van der Waals surface area (Å²) in [6, 6.07) is 0. The van der Waals surface area contributed by atoms with Crippen LogP contribution in [0.25, 0.3) is 0 Å². The predicted molar refractivity (Wildman–Crippen MR) is 112 cm³/mol. The third-order valence-corrected chi connectivity index (χ3v) is 6.28. The number of carbonyl (C=O) groups is 3. The molecule has 0 atom stereocenters. The number of amides is 1. The minimum absolute atomic E-state index is 0.116. The standard InChI is InChI=1S/C21H31NO6S/c1-4-27-20(24)17-14(2)18(21(25)28-13-12-26-3)29-19(17)22-16(23)11-10-15-8-6-5-7-9-15/h15H,4-13H2,1-3H3,(H,22,23). The molecule has 1 amide bonds. The van der Waals surface area contributed by atoms with E-state index in [0.717, 1.165) is 17.8 Å². The van der Waals surface area contributed by atoms with Crippen molar-refractivity contribution in [3.8, 4) is 0 Å². The molecule has 1 saturated carbocycles. The fraction of sp³-hybridized carbons (Fsp3) is 0.667. The molecule has 2 rings (SSSR count). The van der Waals surface area contributed by atoms with Crippen molar-refractivity contribution in [3.05, 3.63) is 16.0 Å². The van der Waals surface area contributed by atoms with E-state index in [4.69, 9.17) is 14.2 Å². The average molecular weight is 426 g/mol. The largest absolute Gasteiger partial charge is 0.462 e. The molecule has 1 aromatic heterocycles. The van der Waals surface area contributed by atoms with E-state index >= 15 is 0 Å². The molecule has 0 radical (unpaired) electrons. The summed E-state index contributed by atoms with van der Waals surface area (Å²) in [5.74, 6) is -0.658. The molecule has 0 aromatic carbocycles. The van der Waals surface area contributed by atoms with Gasteiger partial charge in [0.2, 0.25) is 5.91 Å². The van der Waals surface area contributed by atoms with E-state index in [2.05, 4.69) is 5.32 Å². The Kier molecular flexibility index (Phi) is 9.60. The van der Waals surface area contributed by atoms with Crippen LogP contribution in [0.3, 0.4) is 0 Å². The van der Waals surface area contributed by atoms with Crippen molar-refractivity contribution in [2.45, 2.75) is 58.8 Å². The maximum absolute atomic E-state index is 12.5. The first-order valence-corrected chi connectivity index (χ1v) is 11.1. The van der Waals surface area contributed by atoms with E-state index in [1.54, 1.807) is 13.8 Å². The minimum atomic E-state index is -0.556. The van der Waals surface area contributed by atoms with Crippen molar-refractivity contribution in [2.75, 3.05) is 32.2 Å². The number of methoxy groups -OCH3 is 1. The molecule has 8 heteroatoms. The van der Waals surface area contributed by atoms with Crippen molar-refractivity contribution >= 4 is 34.2 Å². The van der Waals surface area contributed by atoms with Crippen LogP contribution < -0.4 is 5.32 Å². The quantitative estimate of drug-likeness (QED) is 0.443. The van der Waals surface area contributed by atoms with Crippen LogP contribution in [-0.2, 0) is 19.0 Å². The highest BCUT2D eigenvalue weighted by Gasteiger charge is 2.27. The van der Waals surface area contributed by atoms with Crippen LogP contribution in [-0.4, -0.2) is 44.8 Å². The van der Waals surface area contributed by atoms with E-state index in [1.807, 2.05) is 0 Å². The Morgan fingerprint density at radius 3 is 2.45 bits per heavy atom. The molecular weight excluding hydrogens is 394 g/mol. The van der Waals surface area contributed by atoms with Crippen LogP contribution in [0, 0.1) is 12.8 Å². The van der Waals surface area contributed by atoms with E-state index in [0.29, 0.717) is 22.9 Å². The molecule has 1 fully saturated rings. The van der Waals surface area contributed by atoms with Crippen LogP contribution in [0.4, 0.5) is 5.00 Å².